The maximum atomic E-state index is 11.3. The second kappa shape index (κ2) is 4.31. The Balaban J connectivity index is 3.08. The number of anilines is 1. The Labute approximate surface area is 114 Å². The molecule has 10 heteroatoms. The van der Waals surface area contributed by atoms with Crippen molar-refractivity contribution in [2.75, 3.05) is 5.73 Å². The molecule has 20 heavy (non-hydrogen) atoms. The van der Waals surface area contributed by atoms with Crippen molar-refractivity contribution in [3.05, 3.63) is 24.3 Å². The van der Waals surface area contributed by atoms with Gasteiger partial charge in [-0.05, 0) is 24.3 Å². The molecule has 2 aromatic rings. The topological polar surface area (TPSA) is 155 Å². The Morgan fingerprint density at radius 2 is 1.55 bits per heavy atom. The van der Waals surface area contributed by atoms with Crippen LogP contribution in [0.3, 0.4) is 0 Å². The molecule has 0 aliphatic rings. The number of rotatable bonds is 2. The van der Waals surface area contributed by atoms with E-state index in [0.717, 1.165) is 24.3 Å². The molecule has 0 spiro atoms. The van der Waals surface area contributed by atoms with E-state index in [1.54, 1.807) is 0 Å². The highest BCUT2D eigenvalue weighted by atomic mass is 32.2. The lowest BCUT2D eigenvalue weighted by Gasteiger charge is -2.10. The van der Waals surface area contributed by atoms with E-state index in [9.17, 15) is 21.9 Å². The molecular weight excluding hydrogens is 310 g/mol. The summed E-state index contributed by atoms with van der Waals surface area (Å²) in [6, 6.07) is 3.55. The van der Waals surface area contributed by atoms with Crippen LogP contribution in [0.15, 0.2) is 34.1 Å². The van der Waals surface area contributed by atoms with E-state index in [-0.39, 0.29) is 16.5 Å². The van der Waals surface area contributed by atoms with Crippen LogP contribution in [0.5, 0.6) is 5.75 Å². The van der Waals surface area contributed by atoms with Gasteiger partial charge in [0.15, 0.2) is 0 Å². The van der Waals surface area contributed by atoms with E-state index in [1.807, 2.05) is 0 Å². The number of fused-ring (bicyclic) bond motifs is 1. The van der Waals surface area contributed by atoms with Crippen molar-refractivity contribution in [1.29, 1.82) is 0 Å². The molecule has 0 aromatic heterocycles. The van der Waals surface area contributed by atoms with E-state index in [1.165, 1.54) is 0 Å². The summed E-state index contributed by atoms with van der Waals surface area (Å²) >= 11 is 0. The summed E-state index contributed by atoms with van der Waals surface area (Å²) < 4.78 is 62.8. The summed E-state index contributed by atoms with van der Waals surface area (Å²) in [5, 5.41) is 9.20. The molecule has 0 heterocycles. The summed E-state index contributed by atoms with van der Waals surface area (Å²) in [4.78, 5) is -1.29. The van der Waals surface area contributed by atoms with E-state index >= 15 is 0 Å². The first kappa shape index (κ1) is 14.5. The van der Waals surface area contributed by atoms with Gasteiger partial charge in [-0.15, -0.1) is 0 Å². The van der Waals surface area contributed by atoms with Gasteiger partial charge in [0.25, 0.3) is 20.2 Å². The van der Waals surface area contributed by atoms with Crippen LogP contribution in [-0.2, 0) is 20.2 Å². The largest absolute Gasteiger partial charge is 0.507 e. The lowest BCUT2D eigenvalue weighted by Crippen LogP contribution is -2.03. The van der Waals surface area contributed by atoms with Gasteiger partial charge in [0.05, 0.1) is 4.90 Å². The van der Waals surface area contributed by atoms with Gasteiger partial charge in [0.2, 0.25) is 0 Å². The first-order valence-electron chi connectivity index (χ1n) is 5.02. The Morgan fingerprint density at radius 1 is 0.950 bits per heavy atom. The number of aromatic hydroxyl groups is 1. The fraction of sp³-hybridized carbons (Fsp3) is 0. The average Bonchev–Trinajstić information content (AvgIpc) is 2.25. The summed E-state index contributed by atoms with van der Waals surface area (Å²) in [7, 11) is -9.30. The molecule has 0 aliphatic heterocycles. The molecule has 0 radical (unpaired) electrons. The normalized spacial score (nSPS) is 12.7. The number of phenolic OH excluding ortho intramolecular Hbond substituents is 1. The maximum absolute atomic E-state index is 11.3. The van der Waals surface area contributed by atoms with Crippen LogP contribution in [0.4, 0.5) is 5.69 Å². The lowest BCUT2D eigenvalue weighted by atomic mass is 10.1. The zero-order valence-electron chi connectivity index (χ0n) is 9.68. The van der Waals surface area contributed by atoms with Crippen molar-refractivity contribution in [3.63, 3.8) is 0 Å². The van der Waals surface area contributed by atoms with Crippen LogP contribution in [0.25, 0.3) is 10.8 Å². The SMILES string of the molecule is Nc1cc(S(=O)(=O)O)cc2c(S(=O)(=O)O)ccc(O)c12. The smallest absolute Gasteiger partial charge is 0.295 e. The van der Waals surface area contributed by atoms with Gasteiger partial charge in [-0.2, -0.15) is 16.8 Å². The van der Waals surface area contributed by atoms with Crippen LogP contribution < -0.4 is 5.73 Å². The molecule has 0 fully saturated rings. The minimum Gasteiger partial charge on any atom is -0.507 e. The van der Waals surface area contributed by atoms with Crippen LogP contribution in [0, 0.1) is 0 Å². The third kappa shape index (κ3) is 2.41. The number of phenols is 1. The number of benzene rings is 2. The molecule has 2 aromatic carbocycles. The third-order valence-corrected chi connectivity index (χ3v) is 4.38. The number of hydrogen-bond acceptors (Lipinski definition) is 6. The van der Waals surface area contributed by atoms with Gasteiger partial charge >= 0.3 is 0 Å². The molecular formula is C10H9NO7S2. The van der Waals surface area contributed by atoms with Crippen molar-refractivity contribution in [2.24, 2.45) is 0 Å². The Bertz CT molecular complexity index is 916. The lowest BCUT2D eigenvalue weighted by molar-refractivity contribution is 0.477. The molecule has 0 aliphatic carbocycles. The number of nitrogens with two attached hydrogens (primary N) is 1. The molecule has 0 atom stereocenters. The van der Waals surface area contributed by atoms with Crippen molar-refractivity contribution in [2.45, 2.75) is 9.79 Å². The summed E-state index contributed by atoms with van der Waals surface area (Å²) in [5.41, 5.74) is 5.29. The summed E-state index contributed by atoms with van der Waals surface area (Å²) in [6.07, 6.45) is 0. The van der Waals surface area contributed by atoms with Gasteiger partial charge in [0.1, 0.15) is 10.6 Å². The summed E-state index contributed by atoms with van der Waals surface area (Å²) in [5.74, 6) is -0.396. The van der Waals surface area contributed by atoms with Gasteiger partial charge in [-0.3, -0.25) is 9.11 Å². The third-order valence-electron chi connectivity index (χ3n) is 2.63. The first-order valence-corrected chi connectivity index (χ1v) is 7.90. The molecule has 0 saturated heterocycles. The predicted molar refractivity (Wildman–Crippen MR) is 69.7 cm³/mol. The second-order valence-corrected chi connectivity index (χ2v) is 6.78. The molecule has 0 bridgehead atoms. The molecule has 5 N–H and O–H groups in total. The van der Waals surface area contributed by atoms with Crippen molar-refractivity contribution < 1.29 is 31.0 Å². The van der Waals surface area contributed by atoms with Crippen molar-refractivity contribution >= 4 is 36.7 Å². The highest BCUT2D eigenvalue weighted by Crippen LogP contribution is 2.36. The second-order valence-electron chi connectivity index (χ2n) is 3.97. The minimum atomic E-state index is -4.67. The molecule has 2 rings (SSSR count). The first-order chi connectivity index (χ1) is 9.01. The average molecular weight is 319 g/mol. The van der Waals surface area contributed by atoms with Gasteiger partial charge in [0, 0.05) is 16.5 Å². The molecule has 108 valence electrons. The molecule has 0 unspecified atom stereocenters. The minimum absolute atomic E-state index is 0.146. The van der Waals surface area contributed by atoms with Crippen LogP contribution in [0.1, 0.15) is 0 Å². The summed E-state index contributed by atoms with van der Waals surface area (Å²) in [6.45, 7) is 0. The Hall–Kier alpha value is -1.88. The van der Waals surface area contributed by atoms with Gasteiger partial charge in [-0.1, -0.05) is 0 Å². The van der Waals surface area contributed by atoms with E-state index in [0.29, 0.717) is 0 Å². The number of nitrogen functional groups attached to an aromatic ring is 1. The van der Waals surface area contributed by atoms with E-state index < -0.39 is 35.8 Å². The Kier molecular flexibility index (Phi) is 3.13. The number of hydrogen-bond donors (Lipinski definition) is 4. The van der Waals surface area contributed by atoms with Crippen LogP contribution in [-0.4, -0.2) is 31.0 Å². The molecule has 0 saturated carbocycles. The quantitative estimate of drug-likeness (QED) is 0.463. The zero-order valence-corrected chi connectivity index (χ0v) is 11.3. The van der Waals surface area contributed by atoms with Gasteiger partial charge in [-0.25, -0.2) is 0 Å². The zero-order chi connectivity index (χ0) is 15.3. The van der Waals surface area contributed by atoms with E-state index in [4.69, 9.17) is 14.8 Å². The fourth-order valence-corrected chi connectivity index (χ4v) is 3.04. The highest BCUT2D eigenvalue weighted by molar-refractivity contribution is 7.86. The van der Waals surface area contributed by atoms with Crippen molar-refractivity contribution in [3.8, 4) is 5.75 Å². The molecule has 0 amide bonds. The monoisotopic (exact) mass is 319 g/mol. The van der Waals surface area contributed by atoms with E-state index in [2.05, 4.69) is 0 Å². The highest BCUT2D eigenvalue weighted by Gasteiger charge is 2.21. The van der Waals surface area contributed by atoms with Crippen molar-refractivity contribution in [1.82, 2.24) is 0 Å². The van der Waals surface area contributed by atoms with Gasteiger partial charge < -0.3 is 10.8 Å². The maximum Gasteiger partial charge on any atom is 0.295 e. The standard InChI is InChI=1S/C10H9NO7S2/c11-7-4-5(19(13,14)15)3-6-9(20(16,17)18)2-1-8(12)10(6)7/h1-4,12H,11H2,(H,13,14,15)(H,16,17,18). The fourth-order valence-electron chi connectivity index (χ4n) is 1.82. The van der Waals surface area contributed by atoms with Crippen LogP contribution in [0.2, 0.25) is 0 Å². The predicted octanol–water partition coefficient (Wildman–Crippen LogP) is 0.621. The van der Waals surface area contributed by atoms with Crippen LogP contribution >= 0.6 is 0 Å². The molecule has 8 nitrogen and oxygen atoms in total. The Morgan fingerprint density at radius 3 is 2.05 bits per heavy atom.